The molecule has 1 fully saturated rings. The van der Waals surface area contributed by atoms with Crippen molar-refractivity contribution in [3.8, 4) is 11.5 Å². The molecule has 1 aliphatic heterocycles. The van der Waals surface area contributed by atoms with Crippen LogP contribution in [-0.4, -0.2) is 22.8 Å². The number of amides is 1. The van der Waals surface area contributed by atoms with Crippen LogP contribution in [-0.2, 0) is 4.79 Å². The molecule has 2 aromatic carbocycles. The minimum Gasteiger partial charge on any atom is -0.503 e. The summed E-state index contributed by atoms with van der Waals surface area (Å²) in [5, 5.41) is 13.3. The fourth-order valence-corrected chi connectivity index (χ4v) is 3.87. The highest BCUT2D eigenvalue weighted by Crippen LogP contribution is 2.37. The van der Waals surface area contributed by atoms with Crippen LogP contribution in [0, 0.1) is 3.57 Å². The van der Waals surface area contributed by atoms with Crippen LogP contribution >= 0.6 is 50.3 Å². The second kappa shape index (κ2) is 8.45. The van der Waals surface area contributed by atoms with Crippen molar-refractivity contribution in [3.63, 3.8) is 0 Å². The van der Waals surface area contributed by atoms with E-state index in [9.17, 15) is 9.90 Å². The van der Waals surface area contributed by atoms with Gasteiger partial charge in [-0.1, -0.05) is 0 Å². The first-order valence-corrected chi connectivity index (χ1v) is 10.4. The largest absolute Gasteiger partial charge is 0.503 e. The zero-order chi connectivity index (χ0) is 18.7. The Morgan fingerprint density at radius 1 is 1.35 bits per heavy atom. The van der Waals surface area contributed by atoms with E-state index in [0.717, 1.165) is 14.8 Å². The Balaban J connectivity index is 1.86. The van der Waals surface area contributed by atoms with E-state index in [4.69, 9.17) is 4.74 Å². The highest BCUT2D eigenvalue weighted by molar-refractivity contribution is 14.1. The normalized spacial score (nSPS) is 17.0. The molecule has 1 amide bonds. The molecule has 0 unspecified atom stereocenters. The molecule has 2 N–H and O–H groups in total. The van der Waals surface area contributed by atoms with E-state index in [-0.39, 0.29) is 11.7 Å². The maximum atomic E-state index is 12.2. The fourth-order valence-electron chi connectivity index (χ4n) is 2.21. The third-order valence-corrected chi connectivity index (χ3v) is 5.59. The van der Waals surface area contributed by atoms with Crippen molar-refractivity contribution < 1.29 is 14.6 Å². The Bertz CT molecular complexity index is 913. The van der Waals surface area contributed by atoms with Gasteiger partial charge in [0.15, 0.2) is 16.7 Å². The highest BCUT2D eigenvalue weighted by Gasteiger charge is 2.24. The quantitative estimate of drug-likeness (QED) is 0.417. The molecule has 2 aromatic rings. The number of hydrogen-bond acceptors (Lipinski definition) is 5. The summed E-state index contributed by atoms with van der Waals surface area (Å²) in [6.07, 6.45) is 1.74. The first kappa shape index (κ1) is 19.2. The number of thioether (sulfide) groups is 1. The lowest BCUT2D eigenvalue weighted by atomic mass is 10.2. The first-order valence-electron chi connectivity index (χ1n) is 7.66. The van der Waals surface area contributed by atoms with Crippen LogP contribution in [0.25, 0.3) is 6.08 Å². The third kappa shape index (κ3) is 4.60. The number of nitrogens with one attached hydrogen (secondary N) is 1. The van der Waals surface area contributed by atoms with Crippen LogP contribution in [0.1, 0.15) is 12.5 Å². The average Bonchev–Trinajstić information content (AvgIpc) is 2.94. The summed E-state index contributed by atoms with van der Waals surface area (Å²) in [7, 11) is 0. The molecule has 3 rings (SSSR count). The monoisotopic (exact) mass is 544 g/mol. The summed E-state index contributed by atoms with van der Waals surface area (Å²) < 4.78 is 7.05. The zero-order valence-corrected chi connectivity index (χ0v) is 18.2. The molecule has 134 valence electrons. The molecule has 0 saturated carbocycles. The van der Waals surface area contributed by atoms with Crippen LogP contribution in [0.5, 0.6) is 11.5 Å². The van der Waals surface area contributed by atoms with E-state index in [0.29, 0.717) is 26.9 Å². The van der Waals surface area contributed by atoms with Gasteiger partial charge in [0, 0.05) is 3.57 Å². The number of benzene rings is 2. The first-order chi connectivity index (χ1) is 12.5. The van der Waals surface area contributed by atoms with Crippen LogP contribution in [0.15, 0.2) is 50.8 Å². The molecular formula is C18H14BrIN2O3S. The van der Waals surface area contributed by atoms with Crippen LogP contribution < -0.4 is 10.1 Å². The number of nitrogens with zero attached hydrogens (tertiary/aromatic N) is 1. The van der Waals surface area contributed by atoms with Gasteiger partial charge in [-0.25, -0.2) is 4.99 Å². The highest BCUT2D eigenvalue weighted by atomic mass is 127. The van der Waals surface area contributed by atoms with Crippen molar-refractivity contribution in [2.24, 2.45) is 4.99 Å². The Morgan fingerprint density at radius 2 is 2.08 bits per heavy atom. The average molecular weight is 545 g/mol. The molecule has 0 atom stereocenters. The van der Waals surface area contributed by atoms with E-state index in [1.54, 1.807) is 18.2 Å². The lowest BCUT2D eigenvalue weighted by Gasteiger charge is -2.08. The lowest BCUT2D eigenvalue weighted by Crippen LogP contribution is -2.19. The summed E-state index contributed by atoms with van der Waals surface area (Å²) in [5.41, 5.74) is 1.52. The number of carbonyl (C=O) groups is 1. The summed E-state index contributed by atoms with van der Waals surface area (Å²) in [5.74, 6) is 0.199. The molecule has 1 aliphatic rings. The van der Waals surface area contributed by atoms with Gasteiger partial charge in [0.1, 0.15) is 0 Å². The van der Waals surface area contributed by atoms with Crippen molar-refractivity contribution in [3.05, 3.63) is 54.9 Å². The smallest absolute Gasteiger partial charge is 0.264 e. The van der Waals surface area contributed by atoms with Gasteiger partial charge in [0.05, 0.1) is 21.7 Å². The Labute approximate surface area is 177 Å². The topological polar surface area (TPSA) is 70.9 Å². The summed E-state index contributed by atoms with van der Waals surface area (Å²) >= 11 is 6.80. The molecule has 0 aliphatic carbocycles. The zero-order valence-electron chi connectivity index (χ0n) is 13.6. The van der Waals surface area contributed by atoms with E-state index in [2.05, 4.69) is 48.8 Å². The SMILES string of the molecule is CCOc1cc(/C=C2/SC(=Nc3ccc(I)cc3)NC2=O)cc(Br)c1O. The van der Waals surface area contributed by atoms with Gasteiger partial charge >= 0.3 is 0 Å². The molecule has 0 bridgehead atoms. The van der Waals surface area contributed by atoms with Crippen molar-refractivity contribution >= 4 is 73.1 Å². The molecule has 8 heteroatoms. The van der Waals surface area contributed by atoms with Crippen LogP contribution in [0.4, 0.5) is 5.69 Å². The molecule has 26 heavy (non-hydrogen) atoms. The number of aromatic hydroxyl groups is 1. The minimum absolute atomic E-state index is 0.0403. The summed E-state index contributed by atoms with van der Waals surface area (Å²) in [6.45, 7) is 2.27. The van der Waals surface area contributed by atoms with Crippen molar-refractivity contribution in [1.82, 2.24) is 5.32 Å². The number of carbonyl (C=O) groups excluding carboxylic acids is 1. The van der Waals surface area contributed by atoms with Gasteiger partial charge in [-0.15, -0.1) is 0 Å². The predicted molar refractivity (Wildman–Crippen MR) is 117 cm³/mol. The number of ether oxygens (including phenoxy) is 1. The molecule has 0 aromatic heterocycles. The Kier molecular flexibility index (Phi) is 6.25. The maximum absolute atomic E-state index is 12.2. The van der Waals surface area contributed by atoms with E-state index in [1.165, 1.54) is 11.8 Å². The van der Waals surface area contributed by atoms with Gasteiger partial charge in [0.25, 0.3) is 5.91 Å². The van der Waals surface area contributed by atoms with Gasteiger partial charge in [0.2, 0.25) is 0 Å². The van der Waals surface area contributed by atoms with Gasteiger partial charge in [-0.05, 0) is 105 Å². The summed E-state index contributed by atoms with van der Waals surface area (Å²) in [6, 6.07) is 11.1. The van der Waals surface area contributed by atoms with Crippen molar-refractivity contribution in [1.29, 1.82) is 0 Å². The lowest BCUT2D eigenvalue weighted by molar-refractivity contribution is -0.115. The Morgan fingerprint density at radius 3 is 2.77 bits per heavy atom. The number of rotatable bonds is 4. The van der Waals surface area contributed by atoms with Gasteiger partial charge in [-0.3, -0.25) is 4.79 Å². The number of halogens is 2. The summed E-state index contributed by atoms with van der Waals surface area (Å²) in [4.78, 5) is 17.2. The number of phenolic OH excluding ortho intramolecular Hbond substituents is 1. The fraction of sp³-hybridized carbons (Fsp3) is 0.111. The second-order valence-electron chi connectivity index (χ2n) is 5.24. The molecule has 1 heterocycles. The molecule has 0 spiro atoms. The number of phenols is 1. The van der Waals surface area contributed by atoms with Crippen LogP contribution in [0.3, 0.4) is 0 Å². The molecule has 1 saturated heterocycles. The van der Waals surface area contributed by atoms with E-state index in [1.807, 2.05) is 31.2 Å². The molecule has 0 radical (unpaired) electrons. The standard InChI is InChI=1S/C18H14BrIN2O3S/c1-2-25-14-8-10(7-13(19)16(14)23)9-15-17(24)22-18(26-15)21-12-5-3-11(20)4-6-12/h3-9,23H,2H2,1H3,(H,21,22,24)/b15-9+. The second-order valence-corrected chi connectivity index (χ2v) is 8.37. The maximum Gasteiger partial charge on any atom is 0.264 e. The van der Waals surface area contributed by atoms with Crippen molar-refractivity contribution in [2.75, 3.05) is 6.61 Å². The van der Waals surface area contributed by atoms with Gasteiger partial charge < -0.3 is 15.2 Å². The van der Waals surface area contributed by atoms with E-state index >= 15 is 0 Å². The van der Waals surface area contributed by atoms with Crippen LogP contribution in [0.2, 0.25) is 0 Å². The van der Waals surface area contributed by atoms with Gasteiger partial charge in [-0.2, -0.15) is 0 Å². The number of hydrogen-bond donors (Lipinski definition) is 2. The van der Waals surface area contributed by atoms with E-state index < -0.39 is 0 Å². The number of amidine groups is 1. The third-order valence-electron chi connectivity index (χ3n) is 3.36. The Hall–Kier alpha value is -1.52. The minimum atomic E-state index is -0.207. The number of aliphatic imine (C=N–C) groups is 1. The molecule has 5 nitrogen and oxygen atoms in total. The van der Waals surface area contributed by atoms with Crippen molar-refractivity contribution in [2.45, 2.75) is 6.92 Å². The predicted octanol–water partition coefficient (Wildman–Crippen LogP) is 5.05. The molecular weight excluding hydrogens is 531 g/mol.